The molecule has 0 fully saturated rings. The molecule has 0 aliphatic heterocycles. The molecule has 2 N–H and O–H groups in total. The first-order valence-electron chi connectivity index (χ1n) is 6.65. The lowest BCUT2D eigenvalue weighted by molar-refractivity contribution is -0.274. The number of hydrogen-bond acceptors (Lipinski definition) is 3. The molecule has 1 aromatic rings. The molecule has 0 bridgehead atoms. The SMILES string of the molecule is CCNC(C)CC(=O)NCc1ccc(OC(F)(F)F)cc1. The first kappa shape index (κ1) is 17.3. The molecule has 0 saturated heterocycles. The molecule has 0 spiro atoms. The van der Waals surface area contributed by atoms with E-state index < -0.39 is 6.36 Å². The molecule has 118 valence electrons. The molecule has 0 saturated carbocycles. The smallest absolute Gasteiger partial charge is 0.406 e. The van der Waals surface area contributed by atoms with Crippen molar-refractivity contribution in [2.24, 2.45) is 0 Å². The highest BCUT2D eigenvalue weighted by Crippen LogP contribution is 2.22. The molecule has 0 radical (unpaired) electrons. The predicted octanol–water partition coefficient (Wildman–Crippen LogP) is 2.59. The lowest BCUT2D eigenvalue weighted by Crippen LogP contribution is -2.33. The van der Waals surface area contributed by atoms with E-state index >= 15 is 0 Å². The van der Waals surface area contributed by atoms with Crippen LogP contribution in [0.3, 0.4) is 0 Å². The molecule has 0 aliphatic rings. The van der Waals surface area contributed by atoms with E-state index in [1.807, 2.05) is 13.8 Å². The average molecular weight is 304 g/mol. The summed E-state index contributed by atoms with van der Waals surface area (Å²) in [6.07, 6.45) is -4.35. The Bertz CT molecular complexity index is 447. The summed E-state index contributed by atoms with van der Waals surface area (Å²) in [6.45, 7) is 4.92. The lowest BCUT2D eigenvalue weighted by atomic mass is 10.2. The zero-order valence-corrected chi connectivity index (χ0v) is 12.0. The summed E-state index contributed by atoms with van der Waals surface area (Å²) in [4.78, 5) is 11.6. The maximum Gasteiger partial charge on any atom is 0.573 e. The van der Waals surface area contributed by atoms with Gasteiger partial charge in [0.2, 0.25) is 5.91 Å². The zero-order valence-electron chi connectivity index (χ0n) is 12.0. The Hall–Kier alpha value is -1.76. The van der Waals surface area contributed by atoms with Gasteiger partial charge < -0.3 is 15.4 Å². The monoisotopic (exact) mass is 304 g/mol. The highest BCUT2D eigenvalue weighted by molar-refractivity contribution is 5.76. The predicted molar refractivity (Wildman–Crippen MR) is 72.7 cm³/mol. The van der Waals surface area contributed by atoms with Crippen LogP contribution in [0.15, 0.2) is 24.3 Å². The Morgan fingerprint density at radius 2 is 1.90 bits per heavy atom. The van der Waals surface area contributed by atoms with E-state index in [2.05, 4.69) is 15.4 Å². The topological polar surface area (TPSA) is 50.4 Å². The Balaban J connectivity index is 2.40. The molecule has 1 unspecified atom stereocenters. The third-order valence-corrected chi connectivity index (χ3v) is 2.69. The van der Waals surface area contributed by atoms with Gasteiger partial charge in [0.25, 0.3) is 0 Å². The third kappa shape index (κ3) is 7.55. The Morgan fingerprint density at radius 3 is 2.43 bits per heavy atom. The number of carbonyl (C=O) groups excluding carboxylic acids is 1. The van der Waals surface area contributed by atoms with Crippen molar-refractivity contribution in [3.63, 3.8) is 0 Å². The molecular weight excluding hydrogens is 285 g/mol. The van der Waals surface area contributed by atoms with Crippen LogP contribution in [0.2, 0.25) is 0 Å². The van der Waals surface area contributed by atoms with Crippen LogP contribution >= 0.6 is 0 Å². The van der Waals surface area contributed by atoms with Crippen molar-refractivity contribution in [1.82, 2.24) is 10.6 Å². The molecule has 1 rings (SSSR count). The Kier molecular flexibility index (Phi) is 6.48. The summed E-state index contributed by atoms with van der Waals surface area (Å²) in [5.41, 5.74) is 0.703. The van der Waals surface area contributed by atoms with Crippen molar-refractivity contribution in [3.8, 4) is 5.75 Å². The van der Waals surface area contributed by atoms with E-state index in [1.54, 1.807) is 0 Å². The summed E-state index contributed by atoms with van der Waals surface area (Å²) in [7, 11) is 0. The number of hydrogen-bond donors (Lipinski definition) is 2. The quantitative estimate of drug-likeness (QED) is 0.814. The second-order valence-corrected chi connectivity index (χ2v) is 4.63. The summed E-state index contributed by atoms with van der Waals surface area (Å²) >= 11 is 0. The van der Waals surface area contributed by atoms with Crippen molar-refractivity contribution in [1.29, 1.82) is 0 Å². The van der Waals surface area contributed by atoms with Crippen molar-refractivity contribution in [2.45, 2.75) is 39.2 Å². The lowest BCUT2D eigenvalue weighted by Gasteiger charge is -2.12. The molecule has 21 heavy (non-hydrogen) atoms. The minimum Gasteiger partial charge on any atom is -0.406 e. The largest absolute Gasteiger partial charge is 0.573 e. The number of alkyl halides is 3. The van der Waals surface area contributed by atoms with Crippen molar-refractivity contribution in [2.75, 3.05) is 6.54 Å². The molecule has 0 heterocycles. The minimum absolute atomic E-state index is 0.0811. The maximum absolute atomic E-state index is 12.0. The molecule has 1 amide bonds. The fourth-order valence-corrected chi connectivity index (χ4v) is 1.78. The summed E-state index contributed by atoms with van der Waals surface area (Å²) < 4.78 is 39.8. The van der Waals surface area contributed by atoms with Crippen LogP contribution in [-0.4, -0.2) is 24.9 Å². The first-order chi connectivity index (χ1) is 9.80. The van der Waals surface area contributed by atoms with E-state index in [1.165, 1.54) is 24.3 Å². The van der Waals surface area contributed by atoms with Crippen molar-refractivity contribution in [3.05, 3.63) is 29.8 Å². The molecule has 0 aromatic heterocycles. The summed E-state index contributed by atoms with van der Waals surface area (Å²) in [5, 5.41) is 5.83. The molecule has 7 heteroatoms. The fourth-order valence-electron chi connectivity index (χ4n) is 1.78. The highest BCUT2D eigenvalue weighted by atomic mass is 19.4. The van der Waals surface area contributed by atoms with Crippen LogP contribution in [0.5, 0.6) is 5.75 Å². The normalized spacial score (nSPS) is 12.8. The Morgan fingerprint density at radius 1 is 1.29 bits per heavy atom. The van der Waals surface area contributed by atoms with Gasteiger partial charge in [-0.2, -0.15) is 0 Å². The van der Waals surface area contributed by atoms with Gasteiger partial charge in [0.15, 0.2) is 0 Å². The van der Waals surface area contributed by atoms with E-state index in [9.17, 15) is 18.0 Å². The highest BCUT2D eigenvalue weighted by Gasteiger charge is 2.30. The number of halogens is 3. The second kappa shape index (κ2) is 7.87. The van der Waals surface area contributed by atoms with Gasteiger partial charge in [-0.05, 0) is 31.2 Å². The summed E-state index contributed by atoms with van der Waals surface area (Å²) in [5.74, 6) is -0.391. The van der Waals surface area contributed by atoms with Gasteiger partial charge in [-0.1, -0.05) is 19.1 Å². The Labute approximate surface area is 121 Å². The van der Waals surface area contributed by atoms with Gasteiger partial charge >= 0.3 is 6.36 Å². The number of amides is 1. The van der Waals surface area contributed by atoms with Gasteiger partial charge in [0.05, 0.1) is 0 Å². The second-order valence-electron chi connectivity index (χ2n) is 4.63. The molecule has 1 atom stereocenters. The van der Waals surface area contributed by atoms with Crippen LogP contribution in [0.4, 0.5) is 13.2 Å². The van der Waals surface area contributed by atoms with E-state index in [0.29, 0.717) is 12.0 Å². The third-order valence-electron chi connectivity index (χ3n) is 2.69. The molecule has 4 nitrogen and oxygen atoms in total. The molecule has 1 aromatic carbocycles. The van der Waals surface area contributed by atoms with Crippen LogP contribution in [0.1, 0.15) is 25.8 Å². The number of carbonyl (C=O) groups is 1. The minimum atomic E-state index is -4.70. The van der Waals surface area contributed by atoms with Gasteiger partial charge in [-0.15, -0.1) is 13.2 Å². The van der Waals surface area contributed by atoms with Gasteiger partial charge in [0.1, 0.15) is 5.75 Å². The number of ether oxygens (including phenoxy) is 1. The van der Waals surface area contributed by atoms with Crippen molar-refractivity contribution < 1.29 is 22.7 Å². The maximum atomic E-state index is 12.0. The molecular formula is C14H19F3N2O2. The number of rotatable bonds is 7. The zero-order chi connectivity index (χ0) is 15.9. The van der Waals surface area contributed by atoms with Crippen LogP contribution in [-0.2, 0) is 11.3 Å². The van der Waals surface area contributed by atoms with E-state index in [-0.39, 0.29) is 24.2 Å². The number of nitrogens with one attached hydrogen (secondary N) is 2. The average Bonchev–Trinajstić information content (AvgIpc) is 2.36. The van der Waals surface area contributed by atoms with Gasteiger partial charge in [-0.25, -0.2) is 0 Å². The molecule has 0 aliphatic carbocycles. The number of benzene rings is 1. The van der Waals surface area contributed by atoms with Gasteiger partial charge in [0, 0.05) is 19.0 Å². The van der Waals surface area contributed by atoms with Gasteiger partial charge in [-0.3, -0.25) is 4.79 Å². The summed E-state index contributed by atoms with van der Waals surface area (Å²) in [6, 6.07) is 5.48. The van der Waals surface area contributed by atoms with Crippen LogP contribution in [0, 0.1) is 0 Å². The van der Waals surface area contributed by atoms with Crippen LogP contribution < -0.4 is 15.4 Å². The standard InChI is InChI=1S/C14H19F3N2O2/c1-3-18-10(2)8-13(20)19-9-11-4-6-12(7-5-11)21-14(15,16)17/h4-7,10,18H,3,8-9H2,1-2H3,(H,19,20). The first-order valence-corrected chi connectivity index (χ1v) is 6.65. The van der Waals surface area contributed by atoms with E-state index in [0.717, 1.165) is 6.54 Å². The van der Waals surface area contributed by atoms with E-state index in [4.69, 9.17) is 0 Å². The van der Waals surface area contributed by atoms with Crippen LogP contribution in [0.25, 0.3) is 0 Å². The fraction of sp³-hybridized carbons (Fsp3) is 0.500. The van der Waals surface area contributed by atoms with Crippen molar-refractivity contribution >= 4 is 5.91 Å².